The Morgan fingerprint density at radius 3 is 2.23 bits per heavy atom. The summed E-state index contributed by atoms with van der Waals surface area (Å²) in [7, 11) is 0. The van der Waals surface area contributed by atoms with Crippen LogP contribution in [0.4, 0.5) is 5.82 Å². The lowest BCUT2D eigenvalue weighted by atomic mass is 10.1. The van der Waals surface area contributed by atoms with E-state index in [-0.39, 0.29) is 5.91 Å². The second-order valence-corrected chi connectivity index (χ2v) is 5.71. The van der Waals surface area contributed by atoms with Crippen LogP contribution in [-0.2, 0) is 0 Å². The molecule has 126 valence electrons. The second-order valence-electron chi connectivity index (χ2n) is 5.71. The van der Waals surface area contributed by atoms with Crippen LogP contribution in [0.25, 0.3) is 16.9 Å². The molecule has 2 aromatic heterocycles. The quantitative estimate of drug-likeness (QED) is 0.606. The Balaban J connectivity index is 1.77. The molecule has 0 aliphatic heterocycles. The van der Waals surface area contributed by atoms with Gasteiger partial charge in [0.25, 0.3) is 5.91 Å². The molecular formula is C21H16N4O. The lowest BCUT2D eigenvalue weighted by molar-refractivity contribution is 0.102. The van der Waals surface area contributed by atoms with Crippen molar-refractivity contribution in [3.63, 3.8) is 0 Å². The van der Waals surface area contributed by atoms with Crippen LogP contribution < -0.4 is 5.32 Å². The van der Waals surface area contributed by atoms with Gasteiger partial charge in [0.2, 0.25) is 0 Å². The molecule has 5 nitrogen and oxygen atoms in total. The molecule has 0 saturated carbocycles. The summed E-state index contributed by atoms with van der Waals surface area (Å²) in [5.41, 5.74) is 2.89. The minimum absolute atomic E-state index is 0.246. The fourth-order valence-electron chi connectivity index (χ4n) is 2.68. The molecule has 0 fully saturated rings. The fraction of sp³-hybridized carbons (Fsp3) is 0. The highest BCUT2D eigenvalue weighted by Gasteiger charge is 2.19. The van der Waals surface area contributed by atoms with Crippen molar-refractivity contribution in [2.45, 2.75) is 0 Å². The first kappa shape index (κ1) is 15.8. The number of benzene rings is 2. The van der Waals surface area contributed by atoms with Crippen molar-refractivity contribution in [1.82, 2.24) is 14.8 Å². The van der Waals surface area contributed by atoms with Crippen molar-refractivity contribution in [1.29, 1.82) is 0 Å². The Bertz CT molecular complexity index is 1010. The number of carbonyl (C=O) groups is 1. The van der Waals surface area contributed by atoms with Crippen LogP contribution in [0.3, 0.4) is 0 Å². The monoisotopic (exact) mass is 340 g/mol. The van der Waals surface area contributed by atoms with Crippen molar-refractivity contribution in [2.75, 3.05) is 5.32 Å². The highest BCUT2D eigenvalue weighted by molar-refractivity contribution is 6.07. The Labute approximate surface area is 151 Å². The van der Waals surface area contributed by atoms with E-state index in [9.17, 15) is 4.79 Å². The van der Waals surface area contributed by atoms with Crippen LogP contribution >= 0.6 is 0 Å². The van der Waals surface area contributed by atoms with E-state index < -0.39 is 0 Å². The third-order valence-corrected chi connectivity index (χ3v) is 3.93. The third-order valence-electron chi connectivity index (χ3n) is 3.93. The van der Waals surface area contributed by atoms with Gasteiger partial charge in [0.15, 0.2) is 0 Å². The minimum Gasteiger partial charge on any atom is -0.306 e. The Kier molecular flexibility index (Phi) is 4.26. The fourth-order valence-corrected chi connectivity index (χ4v) is 2.68. The topological polar surface area (TPSA) is 59.8 Å². The first-order chi connectivity index (χ1) is 12.8. The summed E-state index contributed by atoms with van der Waals surface area (Å²) in [5.74, 6) is 0.258. The number of nitrogens with one attached hydrogen (secondary N) is 1. The predicted molar refractivity (Wildman–Crippen MR) is 101 cm³/mol. The summed E-state index contributed by atoms with van der Waals surface area (Å²) in [6.45, 7) is 0. The van der Waals surface area contributed by atoms with Gasteiger partial charge < -0.3 is 5.32 Å². The summed E-state index contributed by atoms with van der Waals surface area (Å²) >= 11 is 0. The van der Waals surface area contributed by atoms with Gasteiger partial charge in [-0.1, -0.05) is 54.6 Å². The average Bonchev–Trinajstić information content (AvgIpc) is 3.16. The third kappa shape index (κ3) is 3.23. The maximum Gasteiger partial charge on any atom is 0.260 e. The highest BCUT2D eigenvalue weighted by Crippen LogP contribution is 2.24. The summed E-state index contributed by atoms with van der Waals surface area (Å²) in [5, 5.41) is 7.48. The molecule has 4 aromatic rings. The standard InChI is InChI=1S/C21H16N4O/c26-21(23-19-13-7-8-14-22-19)18-15-25(17-11-5-2-6-12-17)24-20(18)16-9-3-1-4-10-16/h1-15H,(H,22,23,26). The zero-order valence-electron chi connectivity index (χ0n) is 13.9. The number of para-hydroxylation sites is 1. The van der Waals surface area contributed by atoms with Gasteiger partial charge in [-0.15, -0.1) is 0 Å². The molecule has 5 heteroatoms. The highest BCUT2D eigenvalue weighted by atomic mass is 16.1. The Morgan fingerprint density at radius 2 is 1.54 bits per heavy atom. The number of hydrogen-bond donors (Lipinski definition) is 1. The molecule has 2 aromatic carbocycles. The van der Waals surface area contributed by atoms with Crippen LogP contribution in [0, 0.1) is 0 Å². The molecule has 0 saturated heterocycles. The van der Waals surface area contributed by atoms with Gasteiger partial charge in [-0.3, -0.25) is 4.79 Å². The summed E-state index contributed by atoms with van der Waals surface area (Å²) in [6, 6.07) is 24.8. The van der Waals surface area contributed by atoms with E-state index in [1.165, 1.54) is 0 Å². The number of nitrogens with zero attached hydrogens (tertiary/aromatic N) is 3. The molecule has 0 atom stereocenters. The molecule has 1 amide bonds. The average molecular weight is 340 g/mol. The van der Waals surface area contributed by atoms with Gasteiger partial charge in [-0.2, -0.15) is 5.10 Å². The number of amides is 1. The zero-order valence-corrected chi connectivity index (χ0v) is 13.9. The van der Waals surface area contributed by atoms with Gasteiger partial charge >= 0.3 is 0 Å². The molecule has 0 bridgehead atoms. The molecule has 26 heavy (non-hydrogen) atoms. The number of pyridine rings is 1. The predicted octanol–water partition coefficient (Wildman–Crippen LogP) is 4.19. The molecule has 4 rings (SSSR count). The molecule has 2 heterocycles. The van der Waals surface area contributed by atoms with Crippen LogP contribution in [0.15, 0.2) is 91.3 Å². The maximum atomic E-state index is 12.8. The first-order valence-electron chi connectivity index (χ1n) is 8.24. The summed E-state index contributed by atoms with van der Waals surface area (Å²) in [4.78, 5) is 17.0. The van der Waals surface area contributed by atoms with Crippen molar-refractivity contribution in [3.05, 3.63) is 96.8 Å². The van der Waals surface area contributed by atoms with E-state index in [0.29, 0.717) is 17.1 Å². The van der Waals surface area contributed by atoms with Gasteiger partial charge in [0, 0.05) is 18.0 Å². The molecule has 0 aliphatic rings. The number of aromatic nitrogens is 3. The number of anilines is 1. The lowest BCUT2D eigenvalue weighted by Crippen LogP contribution is -2.13. The Hall–Kier alpha value is -3.73. The zero-order chi connectivity index (χ0) is 17.8. The molecule has 1 N–H and O–H groups in total. The maximum absolute atomic E-state index is 12.8. The van der Waals surface area contributed by atoms with Crippen LogP contribution in [0.5, 0.6) is 0 Å². The first-order valence-corrected chi connectivity index (χ1v) is 8.24. The van der Waals surface area contributed by atoms with E-state index in [0.717, 1.165) is 11.3 Å². The molecule has 0 aliphatic carbocycles. The second kappa shape index (κ2) is 7.03. The van der Waals surface area contributed by atoms with Gasteiger partial charge in [-0.05, 0) is 24.3 Å². The number of carbonyl (C=O) groups excluding carboxylic acids is 1. The number of rotatable bonds is 4. The van der Waals surface area contributed by atoms with Gasteiger partial charge in [-0.25, -0.2) is 9.67 Å². The van der Waals surface area contributed by atoms with Crippen molar-refractivity contribution >= 4 is 11.7 Å². The minimum atomic E-state index is -0.246. The molecule has 0 unspecified atom stereocenters. The van der Waals surface area contributed by atoms with Crippen LogP contribution in [-0.4, -0.2) is 20.7 Å². The van der Waals surface area contributed by atoms with E-state index in [1.54, 1.807) is 29.2 Å². The Morgan fingerprint density at radius 1 is 0.846 bits per heavy atom. The normalized spacial score (nSPS) is 10.5. The van der Waals surface area contributed by atoms with Crippen molar-refractivity contribution in [2.24, 2.45) is 0 Å². The largest absolute Gasteiger partial charge is 0.306 e. The smallest absolute Gasteiger partial charge is 0.260 e. The molecule has 0 radical (unpaired) electrons. The van der Waals surface area contributed by atoms with Crippen LogP contribution in [0.1, 0.15) is 10.4 Å². The van der Waals surface area contributed by atoms with E-state index >= 15 is 0 Å². The van der Waals surface area contributed by atoms with Gasteiger partial charge in [0.05, 0.1) is 11.3 Å². The number of hydrogen-bond acceptors (Lipinski definition) is 3. The van der Waals surface area contributed by atoms with Crippen LogP contribution in [0.2, 0.25) is 0 Å². The van der Waals surface area contributed by atoms with E-state index in [1.807, 2.05) is 66.7 Å². The lowest BCUT2D eigenvalue weighted by Gasteiger charge is -2.04. The van der Waals surface area contributed by atoms with Gasteiger partial charge in [0.1, 0.15) is 11.5 Å². The van der Waals surface area contributed by atoms with E-state index in [2.05, 4.69) is 15.4 Å². The summed E-state index contributed by atoms with van der Waals surface area (Å²) < 4.78 is 1.72. The van der Waals surface area contributed by atoms with Crippen molar-refractivity contribution in [3.8, 4) is 16.9 Å². The summed E-state index contributed by atoms with van der Waals surface area (Å²) in [6.07, 6.45) is 3.39. The SMILES string of the molecule is O=C(Nc1ccccn1)c1cn(-c2ccccc2)nc1-c1ccccc1. The van der Waals surface area contributed by atoms with E-state index in [4.69, 9.17) is 0 Å². The molecule has 0 spiro atoms. The van der Waals surface area contributed by atoms with Crippen molar-refractivity contribution < 1.29 is 4.79 Å². The molecular weight excluding hydrogens is 324 g/mol.